The van der Waals surface area contributed by atoms with E-state index < -0.39 is 11.9 Å². The highest BCUT2D eigenvalue weighted by Crippen LogP contribution is 2.33. The molecule has 1 atom stereocenters. The molecule has 1 aliphatic heterocycles. The van der Waals surface area contributed by atoms with Gasteiger partial charge in [-0.1, -0.05) is 17.7 Å². The highest BCUT2D eigenvalue weighted by Gasteiger charge is 2.33. The van der Waals surface area contributed by atoms with Gasteiger partial charge in [0.05, 0.1) is 11.6 Å². The predicted octanol–water partition coefficient (Wildman–Crippen LogP) is 2.36. The Morgan fingerprint density at radius 1 is 1.43 bits per heavy atom. The van der Waals surface area contributed by atoms with Crippen molar-refractivity contribution in [2.45, 2.75) is 13.0 Å². The zero-order valence-electron chi connectivity index (χ0n) is 11.8. The minimum atomic E-state index is -0.720. The number of halogens is 2. The lowest BCUT2D eigenvalue weighted by molar-refractivity contribution is -0.125. The number of thiocarbonyl (C=S) groups is 1. The van der Waals surface area contributed by atoms with Crippen molar-refractivity contribution in [3.63, 3.8) is 0 Å². The van der Waals surface area contributed by atoms with Crippen LogP contribution in [0.2, 0.25) is 5.02 Å². The second-order valence-electron chi connectivity index (χ2n) is 4.91. The third-order valence-electron chi connectivity index (χ3n) is 3.19. The van der Waals surface area contributed by atoms with E-state index in [9.17, 15) is 9.18 Å². The Hall–Kier alpha value is -1.66. The summed E-state index contributed by atoms with van der Waals surface area (Å²) < 4.78 is 14.2. The lowest BCUT2D eigenvalue weighted by Crippen LogP contribution is -2.47. The van der Waals surface area contributed by atoms with Crippen molar-refractivity contribution in [2.75, 3.05) is 14.1 Å². The zero-order valence-corrected chi connectivity index (χ0v) is 13.4. The molecule has 1 aromatic rings. The maximum Gasteiger partial charge on any atom is 0.253 e. The summed E-state index contributed by atoms with van der Waals surface area (Å²) in [4.78, 5) is 13.8. The largest absolute Gasteiger partial charge is 0.351 e. The molecule has 0 unspecified atom stereocenters. The van der Waals surface area contributed by atoms with E-state index in [0.717, 1.165) is 0 Å². The Labute approximate surface area is 133 Å². The van der Waals surface area contributed by atoms with Gasteiger partial charge in [0.25, 0.3) is 5.91 Å². The molecule has 112 valence electrons. The van der Waals surface area contributed by atoms with Gasteiger partial charge in [0, 0.05) is 30.4 Å². The van der Waals surface area contributed by atoms with Gasteiger partial charge in [0.1, 0.15) is 5.82 Å². The van der Waals surface area contributed by atoms with E-state index in [-0.39, 0.29) is 16.5 Å². The standard InChI is InChI=1S/C14H15ClFN3OS/c1-7-10(13(20)19(2)3)12(18-14(21)17-7)11-8(15)5-4-6-9(11)16/h4-6,12H,1-3H3,(H2,17,18,21)/t12-/m0/s1. The molecule has 1 heterocycles. The maximum atomic E-state index is 14.2. The van der Waals surface area contributed by atoms with Crippen LogP contribution in [0.5, 0.6) is 0 Å². The Bertz CT molecular complexity index is 625. The minimum absolute atomic E-state index is 0.215. The van der Waals surface area contributed by atoms with Crippen LogP contribution >= 0.6 is 23.8 Å². The second kappa shape index (κ2) is 5.99. The van der Waals surface area contributed by atoms with Crippen LogP contribution in [-0.4, -0.2) is 30.0 Å². The first kappa shape index (κ1) is 15.7. The Morgan fingerprint density at radius 3 is 2.67 bits per heavy atom. The number of allylic oxidation sites excluding steroid dienone is 1. The average Bonchev–Trinajstić information content (AvgIpc) is 2.37. The van der Waals surface area contributed by atoms with E-state index in [1.807, 2.05) is 0 Å². The Morgan fingerprint density at radius 2 is 2.10 bits per heavy atom. The van der Waals surface area contributed by atoms with Crippen molar-refractivity contribution < 1.29 is 9.18 Å². The van der Waals surface area contributed by atoms with E-state index in [0.29, 0.717) is 16.4 Å². The fraction of sp³-hybridized carbons (Fsp3) is 0.286. The van der Waals surface area contributed by atoms with E-state index in [1.165, 1.54) is 17.0 Å². The summed E-state index contributed by atoms with van der Waals surface area (Å²) in [6, 6.07) is 3.69. The molecule has 1 aromatic carbocycles. The van der Waals surface area contributed by atoms with Crippen LogP contribution in [0.1, 0.15) is 18.5 Å². The highest BCUT2D eigenvalue weighted by atomic mass is 35.5. The minimum Gasteiger partial charge on any atom is -0.351 e. The van der Waals surface area contributed by atoms with Gasteiger partial charge in [-0.2, -0.15) is 0 Å². The van der Waals surface area contributed by atoms with E-state index in [1.54, 1.807) is 27.1 Å². The number of benzene rings is 1. The average molecular weight is 328 g/mol. The quantitative estimate of drug-likeness (QED) is 0.819. The van der Waals surface area contributed by atoms with Crippen molar-refractivity contribution in [3.8, 4) is 0 Å². The molecule has 1 aliphatic rings. The molecule has 21 heavy (non-hydrogen) atoms. The van der Waals surface area contributed by atoms with Crippen LogP contribution in [0, 0.1) is 5.82 Å². The zero-order chi connectivity index (χ0) is 15.7. The summed E-state index contributed by atoms with van der Waals surface area (Å²) >= 11 is 11.2. The molecule has 2 rings (SSSR count). The summed E-state index contributed by atoms with van der Waals surface area (Å²) in [6.45, 7) is 1.73. The molecule has 1 amide bonds. The molecule has 0 fully saturated rings. The smallest absolute Gasteiger partial charge is 0.253 e. The van der Waals surface area contributed by atoms with E-state index in [4.69, 9.17) is 23.8 Å². The van der Waals surface area contributed by atoms with Gasteiger partial charge in [-0.05, 0) is 31.3 Å². The summed E-state index contributed by atoms with van der Waals surface area (Å²) in [5.74, 6) is -0.721. The second-order valence-corrected chi connectivity index (χ2v) is 5.72. The van der Waals surface area contributed by atoms with Crippen LogP contribution in [0.4, 0.5) is 4.39 Å². The van der Waals surface area contributed by atoms with Gasteiger partial charge in [-0.3, -0.25) is 4.79 Å². The number of nitrogens with zero attached hydrogens (tertiary/aromatic N) is 1. The van der Waals surface area contributed by atoms with Crippen molar-refractivity contribution in [1.29, 1.82) is 0 Å². The molecular weight excluding hydrogens is 313 g/mol. The number of hydrogen-bond donors (Lipinski definition) is 2. The number of carbonyl (C=O) groups is 1. The Kier molecular flexibility index (Phi) is 4.49. The van der Waals surface area contributed by atoms with Crippen LogP contribution in [0.15, 0.2) is 29.5 Å². The lowest BCUT2D eigenvalue weighted by atomic mass is 9.94. The molecule has 0 spiro atoms. The molecule has 2 N–H and O–H groups in total. The first-order valence-electron chi connectivity index (χ1n) is 6.26. The third-order valence-corrected chi connectivity index (χ3v) is 3.74. The SMILES string of the molecule is CC1=C(C(=O)N(C)C)[C@@H](c2c(F)cccc2Cl)NC(=S)N1. The van der Waals surface area contributed by atoms with E-state index >= 15 is 0 Å². The molecular formula is C14H15ClFN3OS. The topological polar surface area (TPSA) is 44.4 Å². The van der Waals surface area contributed by atoms with Gasteiger partial charge in [0.15, 0.2) is 5.11 Å². The number of amides is 1. The first-order chi connectivity index (χ1) is 9.82. The molecule has 0 saturated carbocycles. The van der Waals surface area contributed by atoms with Crippen molar-refractivity contribution in [3.05, 3.63) is 45.9 Å². The number of carbonyl (C=O) groups excluding carboxylic acids is 1. The molecule has 4 nitrogen and oxygen atoms in total. The number of hydrogen-bond acceptors (Lipinski definition) is 2. The van der Waals surface area contributed by atoms with Crippen molar-refractivity contribution in [2.24, 2.45) is 0 Å². The van der Waals surface area contributed by atoms with Crippen LogP contribution in [-0.2, 0) is 4.79 Å². The lowest BCUT2D eigenvalue weighted by Gasteiger charge is -2.32. The van der Waals surface area contributed by atoms with Gasteiger partial charge in [0.2, 0.25) is 0 Å². The molecule has 0 bridgehead atoms. The summed E-state index contributed by atoms with van der Waals surface area (Å²) in [5, 5.41) is 6.38. The molecule has 0 saturated heterocycles. The third kappa shape index (κ3) is 3.01. The molecule has 0 aliphatic carbocycles. The highest BCUT2D eigenvalue weighted by molar-refractivity contribution is 7.80. The molecule has 0 radical (unpaired) electrons. The molecule has 7 heteroatoms. The number of rotatable bonds is 2. The van der Waals surface area contributed by atoms with Crippen LogP contribution < -0.4 is 10.6 Å². The maximum absolute atomic E-state index is 14.2. The Balaban J connectivity index is 2.61. The van der Waals surface area contributed by atoms with Crippen molar-refractivity contribution >= 4 is 34.8 Å². The van der Waals surface area contributed by atoms with Crippen molar-refractivity contribution in [1.82, 2.24) is 15.5 Å². The summed E-state index contributed by atoms with van der Waals surface area (Å²) in [5.41, 5.74) is 1.19. The number of nitrogens with one attached hydrogen (secondary N) is 2. The van der Waals surface area contributed by atoms with Gasteiger partial charge < -0.3 is 15.5 Å². The van der Waals surface area contributed by atoms with Crippen LogP contribution in [0.25, 0.3) is 0 Å². The fourth-order valence-electron chi connectivity index (χ4n) is 2.22. The first-order valence-corrected chi connectivity index (χ1v) is 7.05. The van der Waals surface area contributed by atoms with Gasteiger partial charge in [-0.15, -0.1) is 0 Å². The summed E-state index contributed by atoms with van der Waals surface area (Å²) in [6.07, 6.45) is 0. The van der Waals surface area contributed by atoms with Gasteiger partial charge >= 0.3 is 0 Å². The van der Waals surface area contributed by atoms with Crippen LogP contribution in [0.3, 0.4) is 0 Å². The van der Waals surface area contributed by atoms with Gasteiger partial charge in [-0.25, -0.2) is 4.39 Å². The summed E-state index contributed by atoms with van der Waals surface area (Å²) in [7, 11) is 3.27. The normalized spacial score (nSPS) is 18.1. The number of likely N-dealkylation sites (N-methyl/N-ethyl adjacent to an activating group) is 1. The fourth-order valence-corrected chi connectivity index (χ4v) is 2.76. The molecule has 0 aromatic heterocycles. The van der Waals surface area contributed by atoms with E-state index in [2.05, 4.69) is 10.6 Å². The monoisotopic (exact) mass is 327 g/mol. The predicted molar refractivity (Wildman–Crippen MR) is 84.4 cm³/mol.